The van der Waals surface area contributed by atoms with Crippen molar-refractivity contribution in [3.8, 4) is 0 Å². The summed E-state index contributed by atoms with van der Waals surface area (Å²) in [6.07, 6.45) is 0. The average molecular weight is 390 g/mol. The quantitative estimate of drug-likeness (QED) is 0.517. The Morgan fingerprint density at radius 3 is 0.793 bits per heavy atom. The third kappa shape index (κ3) is 4.08. The van der Waals surface area contributed by atoms with Gasteiger partial charge < -0.3 is 14.7 Å². The van der Waals surface area contributed by atoms with Crippen LogP contribution in [0.4, 0.5) is 34.1 Å². The lowest BCUT2D eigenvalue weighted by Gasteiger charge is -2.34. The van der Waals surface area contributed by atoms with Crippen LogP contribution in [0.3, 0.4) is 0 Å². The SMILES string of the molecule is CN(C)c1ccc([N+](C)(c2ccc(N(C)C)cc2)c2ccc(N(C)C)cc2)cc1. The standard InChI is InChI=1S/C25H33N4/c1-26(2)20-8-14-23(15-9-20)29(7,24-16-10-21(11-17-24)27(3)4)25-18-12-22(13-19-25)28(5)6/h8-19H,1-7H3/q+1. The van der Waals surface area contributed by atoms with Crippen molar-refractivity contribution in [2.45, 2.75) is 0 Å². The average Bonchev–Trinajstić information content (AvgIpc) is 2.73. The Bertz CT molecular complexity index is 799. The topological polar surface area (TPSA) is 9.72 Å². The largest absolute Gasteiger partial charge is 0.378 e. The summed E-state index contributed by atoms with van der Waals surface area (Å²) in [6.45, 7) is 0. The fourth-order valence-corrected chi connectivity index (χ4v) is 3.59. The van der Waals surface area contributed by atoms with Crippen molar-refractivity contribution in [3.63, 3.8) is 0 Å². The van der Waals surface area contributed by atoms with Gasteiger partial charge in [0, 0.05) is 95.7 Å². The molecule has 0 fully saturated rings. The molecule has 152 valence electrons. The minimum atomic E-state index is 0.606. The molecule has 0 aliphatic rings. The smallest absolute Gasteiger partial charge is 0.142 e. The van der Waals surface area contributed by atoms with Crippen molar-refractivity contribution < 1.29 is 0 Å². The summed E-state index contributed by atoms with van der Waals surface area (Å²) in [4.78, 5) is 6.39. The molecule has 0 bridgehead atoms. The molecular formula is C25H33N4+. The predicted molar refractivity (Wildman–Crippen MR) is 129 cm³/mol. The van der Waals surface area contributed by atoms with Gasteiger partial charge in [-0.2, -0.15) is 0 Å². The molecule has 0 saturated carbocycles. The highest BCUT2D eigenvalue weighted by molar-refractivity contribution is 5.73. The second kappa shape index (κ2) is 8.18. The van der Waals surface area contributed by atoms with E-state index in [9.17, 15) is 0 Å². The van der Waals surface area contributed by atoms with E-state index in [1.807, 2.05) is 0 Å². The van der Waals surface area contributed by atoms with Gasteiger partial charge in [0.15, 0.2) is 0 Å². The van der Waals surface area contributed by atoms with Crippen LogP contribution in [0.25, 0.3) is 0 Å². The lowest BCUT2D eigenvalue weighted by atomic mass is 10.1. The molecule has 29 heavy (non-hydrogen) atoms. The molecule has 0 N–H and O–H groups in total. The van der Waals surface area contributed by atoms with Crippen molar-refractivity contribution in [3.05, 3.63) is 72.8 Å². The minimum Gasteiger partial charge on any atom is -0.378 e. The Morgan fingerprint density at radius 2 is 0.621 bits per heavy atom. The van der Waals surface area contributed by atoms with Crippen molar-refractivity contribution in [1.82, 2.24) is 4.48 Å². The Hall–Kier alpha value is -2.98. The number of hydrogen-bond acceptors (Lipinski definition) is 3. The number of benzene rings is 3. The van der Waals surface area contributed by atoms with Crippen LogP contribution in [-0.2, 0) is 0 Å². The van der Waals surface area contributed by atoms with E-state index >= 15 is 0 Å². The third-order valence-electron chi connectivity index (χ3n) is 5.65. The van der Waals surface area contributed by atoms with Crippen molar-refractivity contribution in [2.75, 3.05) is 64.0 Å². The van der Waals surface area contributed by atoms with E-state index in [2.05, 4.69) is 137 Å². The summed E-state index contributed by atoms with van der Waals surface area (Å²) < 4.78 is 0.606. The van der Waals surface area contributed by atoms with Crippen LogP contribution in [0.15, 0.2) is 72.8 Å². The van der Waals surface area contributed by atoms with Gasteiger partial charge in [-0.3, -0.25) is 0 Å². The van der Waals surface area contributed by atoms with Crippen molar-refractivity contribution >= 4 is 34.1 Å². The number of quaternary nitrogens is 1. The number of hydrogen-bond donors (Lipinski definition) is 0. The molecule has 0 aliphatic heterocycles. The van der Waals surface area contributed by atoms with Crippen molar-refractivity contribution in [2.24, 2.45) is 0 Å². The highest BCUT2D eigenvalue weighted by Crippen LogP contribution is 2.43. The summed E-state index contributed by atoms with van der Waals surface area (Å²) in [5, 5.41) is 0. The Kier molecular flexibility index (Phi) is 5.85. The molecule has 4 heteroatoms. The Labute approximate surface area is 175 Å². The number of anilines is 3. The molecule has 0 aliphatic carbocycles. The molecule has 0 atom stereocenters. The molecule has 0 unspecified atom stereocenters. The highest BCUT2D eigenvalue weighted by atomic mass is 15.3. The third-order valence-corrected chi connectivity index (χ3v) is 5.65. The zero-order chi connectivity index (χ0) is 21.2. The zero-order valence-electron chi connectivity index (χ0n) is 18.7. The summed E-state index contributed by atoms with van der Waals surface area (Å²) in [7, 11) is 14.7. The maximum Gasteiger partial charge on any atom is 0.142 e. The summed E-state index contributed by atoms with van der Waals surface area (Å²) in [5.74, 6) is 0. The predicted octanol–water partition coefficient (Wildman–Crippen LogP) is 5.49. The molecule has 0 spiro atoms. The van der Waals surface area contributed by atoms with E-state index in [0.717, 1.165) is 0 Å². The molecule has 0 amide bonds. The van der Waals surface area contributed by atoms with E-state index in [4.69, 9.17) is 0 Å². The van der Waals surface area contributed by atoms with Crippen LogP contribution in [0.5, 0.6) is 0 Å². The Balaban J connectivity index is 2.14. The van der Waals surface area contributed by atoms with Crippen LogP contribution < -0.4 is 19.2 Å². The molecule has 3 rings (SSSR count). The van der Waals surface area contributed by atoms with E-state index in [-0.39, 0.29) is 0 Å². The van der Waals surface area contributed by atoms with E-state index < -0.39 is 0 Å². The minimum absolute atomic E-state index is 0.606. The van der Waals surface area contributed by atoms with Gasteiger partial charge >= 0.3 is 0 Å². The first-order valence-electron chi connectivity index (χ1n) is 9.94. The highest BCUT2D eigenvalue weighted by Gasteiger charge is 2.31. The fourth-order valence-electron chi connectivity index (χ4n) is 3.59. The van der Waals surface area contributed by atoms with Crippen LogP contribution >= 0.6 is 0 Å². The summed E-state index contributed by atoms with van der Waals surface area (Å²) in [6, 6.07) is 26.5. The number of nitrogens with zero attached hydrogens (tertiary/aromatic N) is 4. The lowest BCUT2D eigenvalue weighted by Crippen LogP contribution is -2.33. The summed E-state index contributed by atoms with van der Waals surface area (Å²) in [5.41, 5.74) is 7.28. The van der Waals surface area contributed by atoms with Gasteiger partial charge in [0.05, 0.1) is 7.05 Å². The first-order chi connectivity index (χ1) is 13.7. The van der Waals surface area contributed by atoms with Crippen molar-refractivity contribution in [1.29, 1.82) is 0 Å². The van der Waals surface area contributed by atoms with Gasteiger partial charge in [0.1, 0.15) is 17.1 Å². The van der Waals surface area contributed by atoms with E-state index in [1.54, 1.807) is 0 Å². The maximum atomic E-state index is 2.26. The molecule has 4 nitrogen and oxygen atoms in total. The van der Waals surface area contributed by atoms with Crippen LogP contribution in [0.2, 0.25) is 0 Å². The van der Waals surface area contributed by atoms with Gasteiger partial charge in [0.2, 0.25) is 0 Å². The zero-order valence-corrected chi connectivity index (χ0v) is 18.7. The Morgan fingerprint density at radius 1 is 0.414 bits per heavy atom. The van der Waals surface area contributed by atoms with Crippen LogP contribution in [-0.4, -0.2) is 49.3 Å². The maximum absolute atomic E-state index is 2.26. The second-order valence-electron chi connectivity index (χ2n) is 8.24. The van der Waals surface area contributed by atoms with Crippen LogP contribution in [0.1, 0.15) is 0 Å². The second-order valence-corrected chi connectivity index (χ2v) is 8.24. The molecular weight excluding hydrogens is 356 g/mol. The lowest BCUT2D eigenvalue weighted by molar-refractivity contribution is 0.627. The van der Waals surface area contributed by atoms with Gasteiger partial charge in [-0.25, -0.2) is 4.48 Å². The molecule has 3 aromatic carbocycles. The molecule has 0 heterocycles. The monoisotopic (exact) mass is 389 g/mol. The van der Waals surface area contributed by atoms with E-state index in [1.165, 1.54) is 34.1 Å². The van der Waals surface area contributed by atoms with Gasteiger partial charge in [-0.05, 0) is 36.4 Å². The normalized spacial score (nSPS) is 11.3. The van der Waals surface area contributed by atoms with Crippen LogP contribution in [0, 0.1) is 0 Å². The molecule has 0 radical (unpaired) electrons. The molecule has 3 aromatic rings. The first-order valence-corrected chi connectivity index (χ1v) is 9.94. The number of rotatable bonds is 6. The van der Waals surface area contributed by atoms with Gasteiger partial charge in [0.25, 0.3) is 0 Å². The van der Waals surface area contributed by atoms with Gasteiger partial charge in [-0.1, -0.05) is 0 Å². The fraction of sp³-hybridized carbons (Fsp3) is 0.280. The first kappa shape index (κ1) is 20.7. The van der Waals surface area contributed by atoms with Gasteiger partial charge in [-0.15, -0.1) is 0 Å². The summed E-state index contributed by atoms with van der Waals surface area (Å²) >= 11 is 0. The van der Waals surface area contributed by atoms with E-state index in [0.29, 0.717) is 4.48 Å². The molecule has 0 aromatic heterocycles. The molecule has 0 saturated heterocycles.